The van der Waals surface area contributed by atoms with Gasteiger partial charge in [-0.05, 0) is 38.0 Å². The van der Waals surface area contributed by atoms with E-state index in [-0.39, 0.29) is 21.0 Å². The van der Waals surface area contributed by atoms with E-state index in [9.17, 15) is 17.6 Å². The van der Waals surface area contributed by atoms with Crippen LogP contribution in [0, 0.1) is 5.13 Å². The lowest BCUT2D eigenvalue weighted by atomic mass is 10.1. The van der Waals surface area contributed by atoms with Crippen LogP contribution < -0.4 is 5.32 Å². The third-order valence-corrected chi connectivity index (χ3v) is 7.56. The third kappa shape index (κ3) is 4.97. The predicted molar refractivity (Wildman–Crippen MR) is 115 cm³/mol. The molecule has 0 radical (unpaired) electrons. The number of nitrogens with zero attached hydrogens (tertiary/aromatic N) is 4. The Labute approximate surface area is 187 Å². The lowest BCUT2D eigenvalue weighted by molar-refractivity contribution is -0.110. The monoisotopic (exact) mass is 475 g/mol. The first-order chi connectivity index (χ1) is 15.3. The summed E-state index contributed by atoms with van der Waals surface area (Å²) in [7, 11) is -3.37. The van der Waals surface area contributed by atoms with Crippen LogP contribution in [0.3, 0.4) is 0 Å². The number of halogens is 1. The first-order valence-electron chi connectivity index (χ1n) is 9.62. The molecule has 12 heteroatoms. The van der Waals surface area contributed by atoms with Gasteiger partial charge in [0.25, 0.3) is 5.91 Å². The molecule has 1 saturated carbocycles. The van der Waals surface area contributed by atoms with Gasteiger partial charge >= 0.3 is 0 Å². The highest BCUT2D eigenvalue weighted by Crippen LogP contribution is 2.33. The molecule has 32 heavy (non-hydrogen) atoms. The number of anilines is 1. The summed E-state index contributed by atoms with van der Waals surface area (Å²) in [6.07, 6.45) is 4.73. The van der Waals surface area contributed by atoms with E-state index < -0.39 is 27.0 Å². The van der Waals surface area contributed by atoms with Crippen LogP contribution >= 0.6 is 11.3 Å². The van der Waals surface area contributed by atoms with Crippen molar-refractivity contribution in [3.8, 4) is 0 Å². The summed E-state index contributed by atoms with van der Waals surface area (Å²) in [5.74, 6) is -0.331. The van der Waals surface area contributed by atoms with Gasteiger partial charge in [-0.15, -0.1) is 0 Å². The largest absolute Gasteiger partial charge is 0.384 e. The summed E-state index contributed by atoms with van der Waals surface area (Å²) < 4.78 is 38.1. The normalized spacial score (nSPS) is 15.2. The Balaban J connectivity index is 1.61. The Hall–Kier alpha value is -3.25. The van der Waals surface area contributed by atoms with Crippen molar-refractivity contribution in [2.75, 3.05) is 5.32 Å². The molecule has 1 unspecified atom stereocenters. The molecule has 0 spiro atoms. The highest BCUT2D eigenvalue weighted by atomic mass is 32.2. The number of hydrogen-bond donors (Lipinski definition) is 1. The number of nitrogens with one attached hydrogen (secondary N) is 1. The number of benzene rings is 1. The van der Waals surface area contributed by atoms with Crippen molar-refractivity contribution < 1.29 is 22.4 Å². The fourth-order valence-corrected chi connectivity index (χ4v) is 4.96. The maximum atomic E-state index is 13.2. The number of carbonyl (C=O) groups excluding carboxylic acids is 1. The number of carbonyl (C=O) groups is 1. The zero-order valence-electron chi connectivity index (χ0n) is 16.8. The summed E-state index contributed by atoms with van der Waals surface area (Å²) in [5.41, 5.74) is 0.175. The molecule has 9 nitrogen and oxygen atoms in total. The second-order valence-electron chi connectivity index (χ2n) is 6.99. The Morgan fingerprint density at radius 1 is 1.22 bits per heavy atom. The van der Waals surface area contributed by atoms with Gasteiger partial charge in [-0.1, -0.05) is 28.6 Å². The third-order valence-electron chi connectivity index (χ3n) is 4.58. The van der Waals surface area contributed by atoms with Crippen LogP contribution in [-0.2, 0) is 19.5 Å². The highest BCUT2D eigenvalue weighted by Gasteiger charge is 2.36. The molecular weight excluding hydrogens is 457 g/mol. The molecule has 166 valence electrons. The smallest absolute Gasteiger partial charge is 0.280 e. The number of rotatable bonds is 8. The van der Waals surface area contributed by atoms with E-state index >= 15 is 0 Å². The van der Waals surface area contributed by atoms with Gasteiger partial charge in [0, 0.05) is 18.0 Å². The van der Waals surface area contributed by atoms with Gasteiger partial charge in [0.2, 0.25) is 0 Å². The molecule has 1 amide bonds. The zero-order chi connectivity index (χ0) is 22.7. The summed E-state index contributed by atoms with van der Waals surface area (Å²) in [6, 6.07) is 7.46. The molecule has 4 rings (SSSR count). The molecule has 0 bridgehead atoms. The number of hydrogen-bond acceptors (Lipinski definition) is 9. The number of oxime groups is 1. The summed E-state index contributed by atoms with van der Waals surface area (Å²) in [5, 5.41) is 5.58. The van der Waals surface area contributed by atoms with Gasteiger partial charge in [0.1, 0.15) is 0 Å². The lowest BCUT2D eigenvalue weighted by Gasteiger charge is -2.11. The number of amides is 1. The molecule has 1 N–H and O–H groups in total. The van der Waals surface area contributed by atoms with E-state index in [2.05, 4.69) is 25.4 Å². The fourth-order valence-electron chi connectivity index (χ4n) is 2.77. The van der Waals surface area contributed by atoms with E-state index in [1.165, 1.54) is 24.3 Å². The van der Waals surface area contributed by atoms with Crippen molar-refractivity contribution in [2.45, 2.75) is 36.0 Å². The summed E-state index contributed by atoms with van der Waals surface area (Å²) in [4.78, 5) is 30.4. The lowest BCUT2D eigenvalue weighted by Crippen LogP contribution is -2.24. The predicted octanol–water partition coefficient (Wildman–Crippen LogP) is 3.13. The first-order valence-corrected chi connectivity index (χ1v) is 12.0. The van der Waals surface area contributed by atoms with Gasteiger partial charge in [-0.25, -0.2) is 23.4 Å². The molecule has 2 heterocycles. The van der Waals surface area contributed by atoms with Crippen LogP contribution in [0.1, 0.15) is 37.3 Å². The first kappa shape index (κ1) is 22.0. The highest BCUT2D eigenvalue weighted by molar-refractivity contribution is 7.92. The van der Waals surface area contributed by atoms with Crippen molar-refractivity contribution in [1.29, 1.82) is 0 Å². The van der Waals surface area contributed by atoms with Gasteiger partial charge in [-0.3, -0.25) is 10.1 Å². The average molecular weight is 476 g/mol. The molecule has 3 aromatic rings. The van der Waals surface area contributed by atoms with Gasteiger partial charge in [0.05, 0.1) is 16.3 Å². The number of thiazole rings is 1. The van der Waals surface area contributed by atoms with Crippen LogP contribution in [0.5, 0.6) is 0 Å². The van der Waals surface area contributed by atoms with Crippen LogP contribution in [-0.4, -0.2) is 40.2 Å². The molecule has 0 aliphatic heterocycles. The zero-order valence-corrected chi connectivity index (χ0v) is 18.4. The van der Waals surface area contributed by atoms with Crippen LogP contribution in [0.2, 0.25) is 0 Å². The summed E-state index contributed by atoms with van der Waals surface area (Å²) in [6.45, 7) is 1.66. The molecule has 1 aliphatic carbocycles. The molecule has 0 saturated heterocycles. The maximum Gasteiger partial charge on any atom is 0.280 e. The SMILES string of the molecule is CC(O/N=C(/C(=O)Nc1ncc(F)s1)c1ccc(S(=O)(=O)C2CC2)cc1)c1ncccn1. The van der Waals surface area contributed by atoms with Gasteiger partial charge in [0.15, 0.2) is 37.7 Å². The number of sulfone groups is 1. The molecule has 2 aromatic heterocycles. The van der Waals surface area contributed by atoms with Crippen molar-refractivity contribution >= 4 is 37.9 Å². The Morgan fingerprint density at radius 3 is 2.50 bits per heavy atom. The minimum Gasteiger partial charge on any atom is -0.384 e. The van der Waals surface area contributed by atoms with E-state index in [1.807, 2.05) is 0 Å². The van der Waals surface area contributed by atoms with Gasteiger partial charge in [-0.2, -0.15) is 4.39 Å². The van der Waals surface area contributed by atoms with Crippen molar-refractivity contribution in [3.63, 3.8) is 0 Å². The van der Waals surface area contributed by atoms with Crippen molar-refractivity contribution in [1.82, 2.24) is 15.0 Å². The molecule has 1 aromatic carbocycles. The molecule has 1 fully saturated rings. The quantitative estimate of drug-likeness (QED) is 0.392. The average Bonchev–Trinajstić information content (AvgIpc) is 3.58. The molecular formula is C20H18FN5O4S2. The fraction of sp³-hybridized carbons (Fsp3) is 0.250. The van der Waals surface area contributed by atoms with Crippen molar-refractivity contribution in [3.05, 3.63) is 65.4 Å². The minimum atomic E-state index is -3.37. The minimum absolute atomic E-state index is 0.0487. The van der Waals surface area contributed by atoms with Crippen LogP contribution in [0.25, 0.3) is 0 Å². The maximum absolute atomic E-state index is 13.2. The van der Waals surface area contributed by atoms with E-state index in [0.717, 1.165) is 6.20 Å². The molecule has 1 atom stereocenters. The Morgan fingerprint density at radius 2 is 1.91 bits per heavy atom. The van der Waals surface area contributed by atoms with E-state index in [0.29, 0.717) is 35.6 Å². The second-order valence-corrected chi connectivity index (χ2v) is 10.2. The Kier molecular flexibility index (Phi) is 6.24. The second kappa shape index (κ2) is 9.09. The summed E-state index contributed by atoms with van der Waals surface area (Å²) >= 11 is 0.661. The van der Waals surface area contributed by atoms with E-state index in [4.69, 9.17) is 4.84 Å². The topological polar surface area (TPSA) is 124 Å². The van der Waals surface area contributed by atoms with Crippen LogP contribution in [0.15, 0.2) is 59.0 Å². The standard InChI is InChI=1S/C20H18FN5O4S2/c1-12(18-22-9-2-10-23-18)30-26-17(19(27)25-20-24-11-16(21)31-20)13-3-5-14(6-4-13)32(28,29)15-7-8-15/h2-6,9-12,15H,7-8H2,1H3,(H,24,25,27)/b26-17+. The number of aromatic nitrogens is 3. The van der Waals surface area contributed by atoms with Crippen molar-refractivity contribution in [2.24, 2.45) is 5.16 Å². The van der Waals surface area contributed by atoms with Crippen LogP contribution in [0.4, 0.5) is 9.52 Å². The molecule has 1 aliphatic rings. The van der Waals surface area contributed by atoms with E-state index in [1.54, 1.807) is 25.4 Å². The Bertz CT molecular complexity index is 1240. The van der Waals surface area contributed by atoms with Gasteiger partial charge < -0.3 is 4.84 Å².